The third-order valence-electron chi connectivity index (χ3n) is 7.09. The molecule has 5 aromatic heterocycles. The maximum atomic E-state index is 14.2. The van der Waals surface area contributed by atoms with Gasteiger partial charge in [0, 0.05) is 28.9 Å². The fraction of sp³-hybridized carbons (Fsp3) is 0.0606. The number of H-pyrrole nitrogens is 2. The summed E-state index contributed by atoms with van der Waals surface area (Å²) in [5, 5.41) is 11.4. The number of pyridine rings is 3. The summed E-state index contributed by atoms with van der Waals surface area (Å²) in [4.78, 5) is 29.6. The van der Waals surface area contributed by atoms with Crippen LogP contribution in [-0.2, 0) is 11.2 Å². The summed E-state index contributed by atoms with van der Waals surface area (Å²) in [6.45, 7) is 1.87. The molecular formula is C33H24FN7O. The van der Waals surface area contributed by atoms with Crippen LogP contribution >= 0.6 is 0 Å². The molecule has 0 fully saturated rings. The van der Waals surface area contributed by atoms with E-state index in [0.717, 1.165) is 49.9 Å². The van der Waals surface area contributed by atoms with Crippen molar-refractivity contribution in [3.8, 4) is 33.8 Å². The van der Waals surface area contributed by atoms with Gasteiger partial charge in [-0.15, -0.1) is 0 Å². The van der Waals surface area contributed by atoms with Crippen LogP contribution in [-0.4, -0.2) is 36.0 Å². The van der Waals surface area contributed by atoms with Crippen molar-refractivity contribution in [2.45, 2.75) is 13.3 Å². The monoisotopic (exact) mass is 553 g/mol. The number of rotatable bonds is 6. The molecule has 0 aliphatic carbocycles. The number of hydrogen-bond acceptors (Lipinski definition) is 5. The van der Waals surface area contributed by atoms with E-state index < -0.39 is 0 Å². The smallest absolute Gasteiger partial charge is 0.228 e. The SMILES string of the molecule is Cc1cc(F)cc(-c2cncc3[nH]c(-c4n[nH]c5ccc(-c6cncc(NC(=O)Cc7ccccc7)c6)nc45)cc23)c1. The van der Waals surface area contributed by atoms with Gasteiger partial charge >= 0.3 is 0 Å². The van der Waals surface area contributed by atoms with Crippen LogP contribution in [0.15, 0.2) is 97.6 Å². The highest BCUT2D eigenvalue weighted by Crippen LogP contribution is 2.34. The van der Waals surface area contributed by atoms with Gasteiger partial charge in [-0.3, -0.25) is 19.9 Å². The summed E-state index contributed by atoms with van der Waals surface area (Å²) < 4.78 is 14.2. The van der Waals surface area contributed by atoms with E-state index in [4.69, 9.17) is 4.98 Å². The Morgan fingerprint density at radius 2 is 1.74 bits per heavy atom. The van der Waals surface area contributed by atoms with Gasteiger partial charge in [0.05, 0.1) is 46.9 Å². The summed E-state index contributed by atoms with van der Waals surface area (Å²) in [6, 6.07) is 22.2. The van der Waals surface area contributed by atoms with Gasteiger partial charge in [-0.2, -0.15) is 5.10 Å². The lowest BCUT2D eigenvalue weighted by Crippen LogP contribution is -2.14. The fourth-order valence-corrected chi connectivity index (χ4v) is 5.18. The largest absolute Gasteiger partial charge is 0.352 e. The minimum atomic E-state index is -0.290. The van der Waals surface area contributed by atoms with Crippen LogP contribution in [0.25, 0.3) is 55.7 Å². The molecule has 42 heavy (non-hydrogen) atoms. The average Bonchev–Trinajstić information content (AvgIpc) is 3.61. The van der Waals surface area contributed by atoms with Crippen molar-refractivity contribution in [1.82, 2.24) is 30.1 Å². The summed E-state index contributed by atoms with van der Waals surface area (Å²) in [7, 11) is 0. The second-order valence-corrected chi connectivity index (χ2v) is 10.2. The normalized spacial score (nSPS) is 11.3. The number of aryl methyl sites for hydroxylation is 1. The van der Waals surface area contributed by atoms with Crippen LogP contribution in [0, 0.1) is 12.7 Å². The van der Waals surface area contributed by atoms with Gasteiger partial charge in [-0.25, -0.2) is 9.37 Å². The van der Waals surface area contributed by atoms with E-state index >= 15 is 0 Å². The molecule has 0 unspecified atom stereocenters. The highest BCUT2D eigenvalue weighted by molar-refractivity contribution is 6.00. The first-order valence-electron chi connectivity index (χ1n) is 13.4. The van der Waals surface area contributed by atoms with Crippen LogP contribution in [0.3, 0.4) is 0 Å². The number of amides is 1. The molecule has 1 amide bonds. The van der Waals surface area contributed by atoms with Crippen molar-refractivity contribution in [1.29, 1.82) is 0 Å². The van der Waals surface area contributed by atoms with Crippen LogP contribution in [0.2, 0.25) is 0 Å². The van der Waals surface area contributed by atoms with Crippen molar-refractivity contribution < 1.29 is 9.18 Å². The Bertz CT molecular complexity index is 2080. The van der Waals surface area contributed by atoms with Crippen LogP contribution < -0.4 is 5.32 Å². The van der Waals surface area contributed by atoms with E-state index in [1.165, 1.54) is 12.1 Å². The second kappa shape index (κ2) is 10.4. The third kappa shape index (κ3) is 4.88. The van der Waals surface area contributed by atoms with Gasteiger partial charge in [0.2, 0.25) is 5.91 Å². The number of carbonyl (C=O) groups excluding carboxylic acids is 1. The molecule has 9 heteroatoms. The Morgan fingerprint density at radius 1 is 0.881 bits per heavy atom. The summed E-state index contributed by atoms with van der Waals surface area (Å²) in [5.74, 6) is -0.413. The molecule has 7 rings (SSSR count). The number of nitrogens with zero attached hydrogens (tertiary/aromatic N) is 4. The van der Waals surface area contributed by atoms with Gasteiger partial charge in [0.1, 0.15) is 17.0 Å². The maximum Gasteiger partial charge on any atom is 0.228 e. The number of fused-ring (bicyclic) bond motifs is 2. The highest BCUT2D eigenvalue weighted by Gasteiger charge is 2.16. The van der Waals surface area contributed by atoms with Crippen molar-refractivity contribution in [3.05, 3.63) is 115 Å². The average molecular weight is 554 g/mol. The summed E-state index contributed by atoms with van der Waals surface area (Å²) in [5.41, 5.74) is 9.03. The second-order valence-electron chi connectivity index (χ2n) is 10.2. The number of hydrogen-bond donors (Lipinski definition) is 3. The zero-order valence-corrected chi connectivity index (χ0v) is 22.5. The number of aromatic nitrogens is 6. The Kier molecular flexibility index (Phi) is 6.24. The van der Waals surface area contributed by atoms with E-state index in [0.29, 0.717) is 22.6 Å². The number of nitrogens with one attached hydrogen (secondary N) is 3. The molecule has 0 bridgehead atoms. The minimum Gasteiger partial charge on any atom is -0.352 e. The first kappa shape index (κ1) is 25.3. The summed E-state index contributed by atoms with van der Waals surface area (Å²) in [6.07, 6.45) is 7.08. The van der Waals surface area contributed by atoms with Crippen molar-refractivity contribution in [2.75, 3.05) is 5.32 Å². The molecule has 204 valence electrons. The molecule has 0 saturated heterocycles. The minimum absolute atomic E-state index is 0.123. The third-order valence-corrected chi connectivity index (χ3v) is 7.09. The van der Waals surface area contributed by atoms with Gasteiger partial charge in [-0.1, -0.05) is 36.4 Å². The number of benzene rings is 2. The van der Waals surface area contributed by atoms with Crippen molar-refractivity contribution >= 4 is 33.5 Å². The number of anilines is 1. The van der Waals surface area contributed by atoms with E-state index in [2.05, 4.69) is 30.5 Å². The standard InChI is InChI=1S/C33H24FN7O/c1-19-9-21(12-23(34)10-19)26-17-36-18-30-25(26)14-29(38-30)33-32-28(40-41-33)8-7-27(39-32)22-13-24(16-35-15-22)37-31(42)11-20-5-3-2-4-6-20/h2-10,12-18,38H,11H2,1H3,(H,37,42)(H,40,41). The molecule has 0 radical (unpaired) electrons. The van der Waals surface area contributed by atoms with E-state index in [9.17, 15) is 9.18 Å². The van der Waals surface area contributed by atoms with E-state index in [1.807, 2.05) is 67.6 Å². The zero-order chi connectivity index (χ0) is 28.6. The molecule has 7 aromatic rings. The van der Waals surface area contributed by atoms with E-state index in [1.54, 1.807) is 24.8 Å². The Hall–Kier alpha value is -5.70. The quantitative estimate of drug-likeness (QED) is 0.208. The Morgan fingerprint density at radius 3 is 2.60 bits per heavy atom. The molecule has 3 N–H and O–H groups in total. The lowest BCUT2D eigenvalue weighted by molar-refractivity contribution is -0.115. The molecule has 8 nitrogen and oxygen atoms in total. The summed E-state index contributed by atoms with van der Waals surface area (Å²) >= 11 is 0. The van der Waals surface area contributed by atoms with Gasteiger partial charge in [0.25, 0.3) is 0 Å². The Labute approximate surface area is 239 Å². The van der Waals surface area contributed by atoms with Gasteiger partial charge in [0.15, 0.2) is 0 Å². The molecule has 0 atom stereocenters. The molecule has 0 aliphatic rings. The van der Waals surface area contributed by atoms with Gasteiger partial charge < -0.3 is 10.3 Å². The maximum absolute atomic E-state index is 14.2. The first-order chi connectivity index (χ1) is 20.5. The van der Waals surface area contributed by atoms with Crippen LogP contribution in [0.1, 0.15) is 11.1 Å². The fourth-order valence-electron chi connectivity index (χ4n) is 5.18. The van der Waals surface area contributed by atoms with Crippen LogP contribution in [0.5, 0.6) is 0 Å². The molecule has 0 aliphatic heterocycles. The predicted molar refractivity (Wildman–Crippen MR) is 161 cm³/mol. The highest BCUT2D eigenvalue weighted by atomic mass is 19.1. The molecule has 0 spiro atoms. The molecule has 2 aromatic carbocycles. The number of halogens is 1. The molecule has 5 heterocycles. The lowest BCUT2D eigenvalue weighted by Gasteiger charge is -2.07. The van der Waals surface area contributed by atoms with E-state index in [-0.39, 0.29) is 18.1 Å². The van der Waals surface area contributed by atoms with Crippen molar-refractivity contribution in [3.63, 3.8) is 0 Å². The topological polar surface area (TPSA) is 112 Å². The predicted octanol–water partition coefficient (Wildman–Crippen LogP) is 6.86. The number of carbonyl (C=O) groups is 1. The molecular weight excluding hydrogens is 529 g/mol. The lowest BCUT2D eigenvalue weighted by atomic mass is 10.0. The zero-order valence-electron chi connectivity index (χ0n) is 22.5. The first-order valence-corrected chi connectivity index (χ1v) is 13.4. The molecule has 0 saturated carbocycles. The van der Waals surface area contributed by atoms with Crippen LogP contribution in [0.4, 0.5) is 10.1 Å². The Balaban J connectivity index is 1.22. The number of aromatic amines is 2. The van der Waals surface area contributed by atoms with Crippen molar-refractivity contribution in [2.24, 2.45) is 0 Å². The van der Waals surface area contributed by atoms with Gasteiger partial charge in [-0.05, 0) is 60.0 Å².